The van der Waals surface area contributed by atoms with Crippen LogP contribution < -0.4 is 14.3 Å². The second-order valence-electron chi connectivity index (χ2n) is 6.65. The maximum atomic E-state index is 12.7. The van der Waals surface area contributed by atoms with E-state index in [9.17, 15) is 4.79 Å². The lowest BCUT2D eigenvalue weighted by Gasteiger charge is -2.09. The molecule has 6 heteroatoms. The van der Waals surface area contributed by atoms with Crippen molar-refractivity contribution in [1.82, 2.24) is 4.57 Å². The van der Waals surface area contributed by atoms with Crippen molar-refractivity contribution in [1.29, 1.82) is 0 Å². The molecule has 2 aromatic carbocycles. The van der Waals surface area contributed by atoms with Gasteiger partial charge in [0.05, 0.1) is 20.6 Å². The second-order valence-corrected chi connectivity index (χ2v) is 7.63. The van der Waals surface area contributed by atoms with Crippen LogP contribution in [0.5, 0.6) is 11.5 Å². The molecule has 0 bridgehead atoms. The first-order chi connectivity index (χ1) is 12.8. The molecule has 3 rings (SSSR count). The number of amides is 1. The molecule has 1 aromatic heterocycles. The number of ether oxygens (including phenoxy) is 2. The highest BCUT2D eigenvalue weighted by Gasteiger charge is 2.15. The van der Waals surface area contributed by atoms with Gasteiger partial charge in [-0.15, -0.1) is 0 Å². The average Bonchev–Trinajstić information content (AvgIpc) is 2.94. The molecule has 0 unspecified atom stereocenters. The Bertz CT molecular complexity index is 1070. The largest absolute Gasteiger partial charge is 0.495 e. The van der Waals surface area contributed by atoms with Gasteiger partial charge in [0.25, 0.3) is 5.91 Å². The number of benzene rings is 2. The van der Waals surface area contributed by atoms with Gasteiger partial charge < -0.3 is 14.0 Å². The van der Waals surface area contributed by atoms with E-state index in [1.807, 2.05) is 37.6 Å². The highest BCUT2D eigenvalue weighted by atomic mass is 32.1. The summed E-state index contributed by atoms with van der Waals surface area (Å²) in [5, 5.41) is 0. The Hall–Kier alpha value is -2.60. The predicted octanol–water partition coefficient (Wildman–Crippen LogP) is 3.85. The molecular formula is C21H24N2O3S. The van der Waals surface area contributed by atoms with Crippen LogP contribution in [0.15, 0.2) is 29.3 Å². The average molecular weight is 385 g/mol. The SMILES string of the molecule is COc1ccc(OC)c2c1sc(=NC(=O)Cc1c(C)cc(C)cc1C)n2C. The zero-order valence-electron chi connectivity index (χ0n) is 16.5. The summed E-state index contributed by atoms with van der Waals surface area (Å²) in [6, 6.07) is 7.93. The number of carbonyl (C=O) groups excluding carboxylic acids is 1. The maximum Gasteiger partial charge on any atom is 0.252 e. The second kappa shape index (κ2) is 7.56. The minimum absolute atomic E-state index is 0.162. The van der Waals surface area contributed by atoms with Crippen molar-refractivity contribution in [2.45, 2.75) is 27.2 Å². The van der Waals surface area contributed by atoms with Gasteiger partial charge in [0.15, 0.2) is 4.80 Å². The molecule has 0 atom stereocenters. The van der Waals surface area contributed by atoms with Crippen LogP contribution in [-0.4, -0.2) is 24.7 Å². The third-order valence-corrected chi connectivity index (χ3v) is 5.85. The molecule has 27 heavy (non-hydrogen) atoms. The van der Waals surface area contributed by atoms with Gasteiger partial charge in [-0.25, -0.2) is 0 Å². The number of aromatic nitrogens is 1. The molecule has 142 valence electrons. The molecule has 0 saturated carbocycles. The van der Waals surface area contributed by atoms with Gasteiger partial charge in [-0.2, -0.15) is 4.99 Å². The van der Waals surface area contributed by atoms with E-state index in [0.717, 1.165) is 38.4 Å². The fourth-order valence-corrected chi connectivity index (χ4v) is 4.56. The first-order valence-electron chi connectivity index (χ1n) is 8.70. The van der Waals surface area contributed by atoms with E-state index >= 15 is 0 Å². The Morgan fingerprint density at radius 3 is 2.26 bits per heavy atom. The third kappa shape index (κ3) is 3.62. The van der Waals surface area contributed by atoms with Gasteiger partial charge in [0, 0.05) is 7.05 Å². The van der Waals surface area contributed by atoms with Gasteiger partial charge in [0.1, 0.15) is 21.7 Å². The summed E-state index contributed by atoms with van der Waals surface area (Å²) < 4.78 is 13.7. The van der Waals surface area contributed by atoms with Crippen molar-refractivity contribution in [2.75, 3.05) is 14.2 Å². The molecule has 0 spiro atoms. The van der Waals surface area contributed by atoms with Gasteiger partial charge >= 0.3 is 0 Å². The summed E-state index contributed by atoms with van der Waals surface area (Å²) in [6.45, 7) is 6.14. The van der Waals surface area contributed by atoms with Crippen LogP contribution in [0.3, 0.4) is 0 Å². The number of hydrogen-bond acceptors (Lipinski definition) is 4. The van der Waals surface area contributed by atoms with Crippen molar-refractivity contribution >= 4 is 27.5 Å². The van der Waals surface area contributed by atoms with Crippen LogP contribution in [0, 0.1) is 20.8 Å². The number of nitrogens with zero attached hydrogens (tertiary/aromatic N) is 2. The number of fused-ring (bicyclic) bond motifs is 1. The minimum atomic E-state index is -0.162. The Kier molecular flexibility index (Phi) is 5.37. The molecule has 5 nitrogen and oxygen atoms in total. The molecule has 0 N–H and O–H groups in total. The van der Waals surface area contributed by atoms with E-state index in [0.29, 0.717) is 11.2 Å². The number of thiazole rings is 1. The van der Waals surface area contributed by atoms with E-state index in [-0.39, 0.29) is 5.91 Å². The highest BCUT2D eigenvalue weighted by molar-refractivity contribution is 7.16. The summed E-state index contributed by atoms with van der Waals surface area (Å²) in [7, 11) is 5.14. The van der Waals surface area contributed by atoms with E-state index in [1.165, 1.54) is 16.9 Å². The number of rotatable bonds is 4. The molecule has 0 fully saturated rings. The smallest absolute Gasteiger partial charge is 0.252 e. The molecule has 1 amide bonds. The molecule has 0 aliphatic carbocycles. The fraction of sp³-hybridized carbons (Fsp3) is 0.333. The summed E-state index contributed by atoms with van der Waals surface area (Å²) in [4.78, 5) is 17.7. The van der Waals surface area contributed by atoms with Crippen LogP contribution in [-0.2, 0) is 18.3 Å². The Morgan fingerprint density at radius 1 is 1.07 bits per heavy atom. The lowest BCUT2D eigenvalue weighted by Crippen LogP contribution is -2.15. The predicted molar refractivity (Wildman–Crippen MR) is 109 cm³/mol. The topological polar surface area (TPSA) is 52.8 Å². The molecular weight excluding hydrogens is 360 g/mol. The van der Waals surface area contributed by atoms with Crippen LogP contribution in [0.4, 0.5) is 0 Å². The van der Waals surface area contributed by atoms with Crippen molar-refractivity contribution < 1.29 is 14.3 Å². The summed E-state index contributed by atoms with van der Waals surface area (Å²) >= 11 is 1.42. The van der Waals surface area contributed by atoms with Crippen molar-refractivity contribution in [3.8, 4) is 11.5 Å². The Morgan fingerprint density at radius 2 is 1.67 bits per heavy atom. The van der Waals surface area contributed by atoms with Gasteiger partial charge in [-0.05, 0) is 49.6 Å². The molecule has 0 aliphatic rings. The summed E-state index contributed by atoms with van der Waals surface area (Å²) in [5.41, 5.74) is 5.37. The lowest BCUT2D eigenvalue weighted by molar-refractivity contribution is -0.117. The summed E-state index contributed by atoms with van der Waals surface area (Å²) in [6.07, 6.45) is 0.292. The van der Waals surface area contributed by atoms with Crippen molar-refractivity contribution in [3.63, 3.8) is 0 Å². The number of methoxy groups -OCH3 is 2. The first-order valence-corrected chi connectivity index (χ1v) is 9.52. The lowest BCUT2D eigenvalue weighted by atomic mass is 9.97. The van der Waals surface area contributed by atoms with E-state index in [2.05, 4.69) is 24.0 Å². The normalized spacial score (nSPS) is 11.9. The van der Waals surface area contributed by atoms with Crippen LogP contribution in [0.25, 0.3) is 10.2 Å². The van der Waals surface area contributed by atoms with E-state index in [1.54, 1.807) is 14.2 Å². The van der Waals surface area contributed by atoms with E-state index < -0.39 is 0 Å². The molecule has 0 radical (unpaired) electrons. The molecule has 1 heterocycles. The molecule has 0 saturated heterocycles. The van der Waals surface area contributed by atoms with Gasteiger partial charge in [-0.3, -0.25) is 4.79 Å². The standard InChI is InChI=1S/C21H24N2O3S/c1-12-9-13(2)15(14(3)10-12)11-18(24)22-21-23(4)19-16(25-5)7-8-17(26-6)20(19)27-21/h7-10H,11H2,1-6H3. The van der Waals surface area contributed by atoms with Gasteiger partial charge in [0.2, 0.25) is 0 Å². The first kappa shape index (κ1) is 19.2. The van der Waals surface area contributed by atoms with E-state index in [4.69, 9.17) is 9.47 Å². The Balaban J connectivity index is 2.06. The molecule has 3 aromatic rings. The van der Waals surface area contributed by atoms with Crippen LogP contribution >= 0.6 is 11.3 Å². The fourth-order valence-electron chi connectivity index (χ4n) is 3.42. The van der Waals surface area contributed by atoms with Gasteiger partial charge in [-0.1, -0.05) is 29.0 Å². The third-order valence-electron chi connectivity index (χ3n) is 4.70. The monoisotopic (exact) mass is 384 g/mol. The van der Waals surface area contributed by atoms with Crippen LogP contribution in [0.1, 0.15) is 22.3 Å². The van der Waals surface area contributed by atoms with Crippen molar-refractivity contribution in [2.24, 2.45) is 12.0 Å². The summed E-state index contributed by atoms with van der Waals surface area (Å²) in [5.74, 6) is 1.30. The zero-order chi connectivity index (χ0) is 19.7. The molecule has 0 aliphatic heterocycles. The maximum absolute atomic E-state index is 12.7. The highest BCUT2D eigenvalue weighted by Crippen LogP contribution is 2.34. The Labute approximate surface area is 162 Å². The number of carbonyl (C=O) groups is 1. The number of aryl methyl sites for hydroxylation is 4. The zero-order valence-corrected chi connectivity index (χ0v) is 17.4. The number of hydrogen-bond donors (Lipinski definition) is 0. The van der Waals surface area contributed by atoms with Crippen molar-refractivity contribution in [3.05, 3.63) is 51.3 Å². The van der Waals surface area contributed by atoms with Crippen LogP contribution in [0.2, 0.25) is 0 Å². The quantitative estimate of drug-likeness (QED) is 0.686. The minimum Gasteiger partial charge on any atom is -0.495 e.